The summed E-state index contributed by atoms with van der Waals surface area (Å²) in [6.07, 6.45) is 2.30. The maximum absolute atomic E-state index is 13.6. The normalized spacial score (nSPS) is 14.2. The molecule has 210 valence electrons. The van der Waals surface area contributed by atoms with E-state index in [9.17, 15) is 9.59 Å². The molecule has 2 N–H and O–H groups in total. The van der Waals surface area contributed by atoms with Gasteiger partial charge in [0.25, 0.3) is 0 Å². The lowest BCUT2D eigenvalue weighted by Crippen LogP contribution is -2.57. The number of rotatable bonds is 14. The third-order valence-electron chi connectivity index (χ3n) is 6.73. The molecule has 0 aromatic heterocycles. The Morgan fingerprint density at radius 2 is 1.55 bits per heavy atom. The van der Waals surface area contributed by atoms with E-state index >= 15 is 0 Å². The maximum atomic E-state index is 13.6. The van der Waals surface area contributed by atoms with E-state index < -0.39 is 11.6 Å². The van der Waals surface area contributed by atoms with Gasteiger partial charge in [-0.1, -0.05) is 76.6 Å². The van der Waals surface area contributed by atoms with Crippen molar-refractivity contribution in [2.75, 3.05) is 13.6 Å². The highest BCUT2D eigenvalue weighted by atomic mass is 16.5. The van der Waals surface area contributed by atoms with Gasteiger partial charge in [-0.3, -0.25) is 14.5 Å². The number of ether oxygens (including phenoxy) is 1. The minimum atomic E-state index is -0.678. The molecule has 0 aliphatic carbocycles. The van der Waals surface area contributed by atoms with Gasteiger partial charge in [-0.25, -0.2) is 0 Å². The summed E-state index contributed by atoms with van der Waals surface area (Å²) in [4.78, 5) is 29.1. The number of nitrogens with one attached hydrogen (secondary N) is 2. The number of benzene rings is 2. The minimum absolute atomic E-state index is 0.0949. The Labute approximate surface area is 230 Å². The van der Waals surface area contributed by atoms with Crippen LogP contribution < -0.4 is 15.4 Å². The highest BCUT2D eigenvalue weighted by Crippen LogP contribution is 2.18. The average molecular weight is 524 g/mol. The van der Waals surface area contributed by atoms with Crippen LogP contribution >= 0.6 is 0 Å². The van der Waals surface area contributed by atoms with Crippen molar-refractivity contribution in [1.29, 1.82) is 0 Å². The first-order valence-corrected chi connectivity index (χ1v) is 14.0. The Hall–Kier alpha value is -2.86. The van der Waals surface area contributed by atoms with Gasteiger partial charge in [0.2, 0.25) is 11.8 Å². The van der Waals surface area contributed by atoms with Crippen LogP contribution in [0, 0.1) is 11.8 Å². The molecule has 0 heterocycles. The number of hydrogen-bond donors (Lipinski definition) is 2. The van der Waals surface area contributed by atoms with Crippen LogP contribution in [0.5, 0.6) is 5.75 Å². The molecule has 38 heavy (non-hydrogen) atoms. The lowest BCUT2D eigenvalue weighted by molar-refractivity contribution is -0.133. The predicted molar refractivity (Wildman–Crippen MR) is 156 cm³/mol. The lowest BCUT2D eigenvalue weighted by Gasteiger charge is -2.33. The van der Waals surface area contributed by atoms with Crippen LogP contribution in [0.4, 0.5) is 0 Å². The van der Waals surface area contributed by atoms with Gasteiger partial charge in [0.15, 0.2) is 0 Å². The molecule has 0 fully saturated rings. The second-order valence-electron chi connectivity index (χ2n) is 11.9. The van der Waals surface area contributed by atoms with E-state index in [-0.39, 0.29) is 23.8 Å². The van der Waals surface area contributed by atoms with Crippen LogP contribution in [0.15, 0.2) is 54.6 Å². The third-order valence-corrected chi connectivity index (χ3v) is 6.73. The van der Waals surface area contributed by atoms with E-state index in [1.165, 1.54) is 0 Å². The largest absolute Gasteiger partial charge is 0.489 e. The SMILES string of the molecule is CCC(C)C(C(=O)NC(Cc1ccc(OCc2ccccc2)cc1)C(=O)NC(C)(C)C)N(C)CCC(C)C. The molecule has 2 amide bonds. The number of nitrogens with zero attached hydrogens (tertiary/aromatic N) is 1. The summed E-state index contributed by atoms with van der Waals surface area (Å²) < 4.78 is 5.91. The Morgan fingerprint density at radius 1 is 0.921 bits per heavy atom. The van der Waals surface area contributed by atoms with Gasteiger partial charge < -0.3 is 15.4 Å². The topological polar surface area (TPSA) is 70.7 Å². The van der Waals surface area contributed by atoms with Crippen LogP contribution in [-0.2, 0) is 22.6 Å². The zero-order chi connectivity index (χ0) is 28.3. The van der Waals surface area contributed by atoms with E-state index in [0.717, 1.165) is 36.3 Å². The zero-order valence-electron chi connectivity index (χ0n) is 24.7. The number of carbonyl (C=O) groups excluding carboxylic acids is 2. The summed E-state index contributed by atoms with van der Waals surface area (Å²) in [5.74, 6) is 1.22. The fourth-order valence-corrected chi connectivity index (χ4v) is 4.34. The molecule has 3 unspecified atom stereocenters. The second kappa shape index (κ2) is 14.9. The van der Waals surface area contributed by atoms with E-state index in [0.29, 0.717) is 18.9 Å². The lowest BCUT2D eigenvalue weighted by atomic mass is 9.95. The molecule has 2 rings (SSSR count). The smallest absolute Gasteiger partial charge is 0.243 e. The molecule has 0 radical (unpaired) electrons. The summed E-state index contributed by atoms with van der Waals surface area (Å²) in [6, 6.07) is 16.8. The molecule has 2 aromatic carbocycles. The maximum Gasteiger partial charge on any atom is 0.243 e. The molecular formula is C32H49N3O3. The quantitative estimate of drug-likeness (QED) is 0.338. The van der Waals surface area contributed by atoms with Crippen LogP contribution in [0.1, 0.15) is 72.4 Å². The average Bonchev–Trinajstić information content (AvgIpc) is 2.86. The third kappa shape index (κ3) is 10.9. The number of likely N-dealkylation sites (N-methyl/N-ethyl adjacent to an activating group) is 1. The molecule has 0 spiro atoms. The molecule has 3 atom stereocenters. The highest BCUT2D eigenvalue weighted by Gasteiger charge is 2.32. The van der Waals surface area contributed by atoms with Crippen LogP contribution in [0.2, 0.25) is 0 Å². The standard InChI is InChI=1S/C32H49N3O3/c1-9-24(4)29(35(8)20-19-23(2)3)31(37)33-28(30(36)34-32(5,6)7)21-25-15-17-27(18-16-25)38-22-26-13-11-10-12-14-26/h10-18,23-24,28-29H,9,19-22H2,1-8H3,(H,33,37)(H,34,36). The first-order chi connectivity index (χ1) is 17.9. The molecule has 2 aromatic rings. The first-order valence-electron chi connectivity index (χ1n) is 14.0. The Morgan fingerprint density at radius 3 is 2.11 bits per heavy atom. The van der Waals surface area contributed by atoms with Crippen molar-refractivity contribution in [1.82, 2.24) is 15.5 Å². The molecule has 6 heteroatoms. The van der Waals surface area contributed by atoms with E-state index in [1.54, 1.807) is 0 Å². The molecular weight excluding hydrogens is 474 g/mol. The number of carbonyl (C=O) groups is 2. The van der Waals surface area contributed by atoms with Crippen LogP contribution in [0.3, 0.4) is 0 Å². The Balaban J connectivity index is 2.16. The molecule has 0 bridgehead atoms. The summed E-state index contributed by atoms with van der Waals surface area (Å²) in [5.41, 5.74) is 1.66. The van der Waals surface area contributed by atoms with Crippen molar-refractivity contribution < 1.29 is 14.3 Å². The van der Waals surface area contributed by atoms with Crippen molar-refractivity contribution in [2.24, 2.45) is 11.8 Å². The number of hydrogen-bond acceptors (Lipinski definition) is 4. The zero-order valence-corrected chi connectivity index (χ0v) is 24.7. The summed E-state index contributed by atoms with van der Waals surface area (Å²) in [6.45, 7) is 15.8. The van der Waals surface area contributed by atoms with Crippen molar-refractivity contribution in [3.8, 4) is 5.75 Å². The van der Waals surface area contributed by atoms with Crippen molar-refractivity contribution >= 4 is 11.8 Å². The molecule has 6 nitrogen and oxygen atoms in total. The first kappa shape index (κ1) is 31.4. The Kier molecular flexibility index (Phi) is 12.3. The van der Waals surface area contributed by atoms with Gasteiger partial charge in [0, 0.05) is 12.0 Å². The molecule has 0 aliphatic rings. The predicted octanol–water partition coefficient (Wildman–Crippen LogP) is 5.60. The molecule has 0 aliphatic heterocycles. The van der Waals surface area contributed by atoms with Gasteiger partial charge in [-0.2, -0.15) is 0 Å². The van der Waals surface area contributed by atoms with Crippen LogP contribution in [0.25, 0.3) is 0 Å². The molecule has 0 saturated carbocycles. The van der Waals surface area contributed by atoms with Crippen LogP contribution in [-0.4, -0.2) is 47.9 Å². The Bertz CT molecular complexity index is 983. The van der Waals surface area contributed by atoms with Crippen molar-refractivity contribution in [3.05, 3.63) is 65.7 Å². The molecule has 0 saturated heterocycles. The van der Waals surface area contributed by atoms with Gasteiger partial charge in [0.05, 0.1) is 6.04 Å². The van der Waals surface area contributed by atoms with E-state index in [1.807, 2.05) is 82.4 Å². The van der Waals surface area contributed by atoms with Crippen molar-refractivity contribution in [3.63, 3.8) is 0 Å². The van der Waals surface area contributed by atoms with E-state index in [2.05, 4.69) is 43.2 Å². The fourth-order valence-electron chi connectivity index (χ4n) is 4.34. The fraction of sp³-hybridized carbons (Fsp3) is 0.562. The van der Waals surface area contributed by atoms with E-state index in [4.69, 9.17) is 4.74 Å². The monoisotopic (exact) mass is 523 g/mol. The second-order valence-corrected chi connectivity index (χ2v) is 11.9. The summed E-state index contributed by atoms with van der Waals surface area (Å²) in [7, 11) is 2.01. The summed E-state index contributed by atoms with van der Waals surface area (Å²) in [5, 5.41) is 6.16. The van der Waals surface area contributed by atoms with Gasteiger partial charge >= 0.3 is 0 Å². The minimum Gasteiger partial charge on any atom is -0.489 e. The van der Waals surface area contributed by atoms with Gasteiger partial charge in [0.1, 0.15) is 18.4 Å². The van der Waals surface area contributed by atoms with Crippen molar-refractivity contribution in [2.45, 2.75) is 92.0 Å². The number of amides is 2. The summed E-state index contributed by atoms with van der Waals surface area (Å²) >= 11 is 0. The van der Waals surface area contributed by atoms with Gasteiger partial charge in [-0.05, 0) is 75.9 Å². The van der Waals surface area contributed by atoms with Gasteiger partial charge in [-0.15, -0.1) is 0 Å². The highest BCUT2D eigenvalue weighted by molar-refractivity contribution is 5.90.